The third-order valence-corrected chi connectivity index (χ3v) is 11.7. The van der Waals surface area contributed by atoms with E-state index in [0.29, 0.717) is 0 Å². The predicted molar refractivity (Wildman–Crippen MR) is 159 cm³/mol. The summed E-state index contributed by atoms with van der Waals surface area (Å²) in [6.45, 7) is 6.74. The zero-order chi connectivity index (χ0) is 25.0. The van der Waals surface area contributed by atoms with Crippen molar-refractivity contribution in [3.8, 4) is 0 Å². The summed E-state index contributed by atoms with van der Waals surface area (Å²) < 4.78 is 5.51. The van der Waals surface area contributed by atoms with Crippen LogP contribution in [0.5, 0.6) is 0 Å². The smallest absolute Gasteiger partial charge is 0.0149 e. The molecule has 0 radical (unpaired) electrons. The Kier molecular flexibility index (Phi) is 10.7. The van der Waals surface area contributed by atoms with Crippen LogP contribution in [0.4, 0.5) is 0 Å². The van der Waals surface area contributed by atoms with Crippen LogP contribution in [0.3, 0.4) is 0 Å². The van der Waals surface area contributed by atoms with E-state index in [0.717, 1.165) is 37.7 Å². The highest BCUT2D eigenvalue weighted by Gasteiger charge is 2.29. The van der Waals surface area contributed by atoms with Crippen molar-refractivity contribution in [1.29, 1.82) is 0 Å². The predicted octanol–water partition coefficient (Wildman–Crippen LogP) is 9.14. The Morgan fingerprint density at radius 1 is 0.389 bits per heavy atom. The van der Waals surface area contributed by atoms with Crippen molar-refractivity contribution in [2.24, 2.45) is 0 Å². The molecule has 0 aliphatic heterocycles. The molecular formula is C32H38N2P2. The minimum absolute atomic E-state index is 0.428. The van der Waals surface area contributed by atoms with Crippen molar-refractivity contribution in [2.75, 3.05) is 13.1 Å². The maximum absolute atomic E-state index is 2.76. The first-order chi connectivity index (χ1) is 17.8. The van der Waals surface area contributed by atoms with E-state index in [1.165, 1.54) is 22.3 Å². The van der Waals surface area contributed by atoms with Gasteiger partial charge in [-0.25, -0.2) is 9.56 Å². The summed E-state index contributed by atoms with van der Waals surface area (Å²) >= 11 is 0. The Labute approximate surface area is 220 Å². The molecule has 0 bridgehead atoms. The van der Waals surface area contributed by atoms with E-state index < -0.39 is 16.1 Å². The Hall–Kier alpha value is -2.34. The van der Waals surface area contributed by atoms with Crippen LogP contribution in [0.2, 0.25) is 0 Å². The first-order valence-corrected chi connectivity index (χ1v) is 16.3. The van der Waals surface area contributed by atoms with Crippen LogP contribution in [-0.4, -0.2) is 22.6 Å². The Bertz CT molecular complexity index is 948. The van der Waals surface area contributed by atoms with E-state index in [-0.39, 0.29) is 0 Å². The standard InChI is InChI=1S/C32H38N2P2/c1-3-33(35(25-29-17-9-5-10-18-29)26-30-19-11-6-12-20-30)34(4-2)36(27-31-21-13-7-14-22-31)28-32-23-15-8-16-24-32/h5-24H,3-4,25-28H2,1-2H3. The molecule has 0 amide bonds. The number of rotatable bonds is 13. The van der Waals surface area contributed by atoms with Gasteiger partial charge in [0.05, 0.1) is 0 Å². The summed E-state index contributed by atoms with van der Waals surface area (Å²) in [5, 5.41) is 0. The molecule has 4 heteroatoms. The summed E-state index contributed by atoms with van der Waals surface area (Å²) in [6.07, 6.45) is 4.43. The maximum atomic E-state index is 2.76. The van der Waals surface area contributed by atoms with Gasteiger partial charge in [-0.15, -0.1) is 0 Å². The summed E-state index contributed by atoms with van der Waals surface area (Å²) in [5.74, 6) is 0. The highest BCUT2D eigenvalue weighted by atomic mass is 31.1. The molecule has 0 aromatic heterocycles. The van der Waals surface area contributed by atoms with Crippen LogP contribution in [-0.2, 0) is 24.6 Å². The minimum atomic E-state index is -0.428. The van der Waals surface area contributed by atoms with Crippen molar-refractivity contribution in [1.82, 2.24) is 9.56 Å². The first kappa shape index (κ1) is 26.7. The topological polar surface area (TPSA) is 6.48 Å². The molecule has 4 rings (SSSR count). The lowest BCUT2D eigenvalue weighted by atomic mass is 10.2. The van der Waals surface area contributed by atoms with Crippen LogP contribution in [0.15, 0.2) is 121 Å². The van der Waals surface area contributed by atoms with Gasteiger partial charge in [0.1, 0.15) is 0 Å². The molecule has 186 valence electrons. The Morgan fingerprint density at radius 2 is 0.611 bits per heavy atom. The van der Waals surface area contributed by atoms with Crippen molar-refractivity contribution in [3.05, 3.63) is 144 Å². The van der Waals surface area contributed by atoms with Gasteiger partial charge in [0.25, 0.3) is 0 Å². The molecule has 2 nitrogen and oxygen atoms in total. The maximum Gasteiger partial charge on any atom is 0.0149 e. The van der Waals surface area contributed by atoms with Crippen LogP contribution in [0, 0.1) is 0 Å². The fourth-order valence-electron chi connectivity index (χ4n) is 4.63. The third-order valence-electron chi connectivity index (χ3n) is 6.32. The van der Waals surface area contributed by atoms with Crippen molar-refractivity contribution in [2.45, 2.75) is 38.5 Å². The van der Waals surface area contributed by atoms with Gasteiger partial charge in [-0.1, -0.05) is 135 Å². The van der Waals surface area contributed by atoms with E-state index in [1.807, 2.05) is 0 Å². The van der Waals surface area contributed by atoms with E-state index in [1.54, 1.807) is 0 Å². The summed E-state index contributed by atoms with van der Waals surface area (Å²) in [5.41, 5.74) is 5.74. The van der Waals surface area contributed by atoms with Crippen LogP contribution in [0.1, 0.15) is 36.1 Å². The molecule has 0 saturated heterocycles. The molecule has 0 heterocycles. The molecule has 0 unspecified atom stereocenters. The highest BCUT2D eigenvalue weighted by molar-refractivity contribution is 7.56. The van der Waals surface area contributed by atoms with Gasteiger partial charge in [0, 0.05) is 37.7 Å². The molecule has 0 saturated carbocycles. The fraction of sp³-hybridized carbons (Fsp3) is 0.250. The van der Waals surface area contributed by atoms with Gasteiger partial charge >= 0.3 is 0 Å². The van der Waals surface area contributed by atoms with Gasteiger partial charge in [0.2, 0.25) is 0 Å². The molecule has 0 fully saturated rings. The van der Waals surface area contributed by atoms with E-state index in [4.69, 9.17) is 0 Å². The molecule has 0 atom stereocenters. The van der Waals surface area contributed by atoms with Crippen molar-refractivity contribution >= 4 is 16.1 Å². The number of nitrogens with zero attached hydrogens (tertiary/aromatic N) is 2. The quantitative estimate of drug-likeness (QED) is 0.130. The zero-order valence-corrected chi connectivity index (χ0v) is 23.4. The molecule has 0 aliphatic rings. The average molecular weight is 513 g/mol. The summed E-state index contributed by atoms with van der Waals surface area (Å²) in [4.78, 5) is 0. The molecule has 4 aromatic rings. The van der Waals surface area contributed by atoms with Crippen molar-refractivity contribution < 1.29 is 0 Å². The van der Waals surface area contributed by atoms with Crippen molar-refractivity contribution in [3.63, 3.8) is 0 Å². The summed E-state index contributed by atoms with van der Waals surface area (Å²) in [6, 6.07) is 44.3. The van der Waals surface area contributed by atoms with E-state index in [2.05, 4.69) is 145 Å². The minimum Gasteiger partial charge on any atom is -0.216 e. The lowest BCUT2D eigenvalue weighted by Crippen LogP contribution is -2.36. The average Bonchev–Trinajstić information content (AvgIpc) is 2.93. The molecule has 0 aliphatic carbocycles. The molecule has 0 spiro atoms. The van der Waals surface area contributed by atoms with Gasteiger partial charge in [0.15, 0.2) is 0 Å². The second-order valence-corrected chi connectivity index (χ2v) is 13.2. The van der Waals surface area contributed by atoms with Gasteiger partial charge in [-0.05, 0) is 38.4 Å². The summed E-state index contributed by atoms with van der Waals surface area (Å²) in [7, 11) is -0.856. The number of benzene rings is 4. The largest absolute Gasteiger partial charge is 0.216 e. The molecule has 0 N–H and O–H groups in total. The zero-order valence-electron chi connectivity index (χ0n) is 21.6. The monoisotopic (exact) mass is 512 g/mol. The normalized spacial score (nSPS) is 11.6. The molecule has 4 aromatic carbocycles. The molecular weight excluding hydrogens is 474 g/mol. The highest BCUT2D eigenvalue weighted by Crippen LogP contribution is 2.56. The fourth-order valence-corrected chi connectivity index (χ4v) is 10.4. The molecule has 36 heavy (non-hydrogen) atoms. The second kappa shape index (κ2) is 14.4. The third kappa shape index (κ3) is 7.83. The SMILES string of the molecule is CCN(N(CC)P(Cc1ccccc1)Cc1ccccc1)P(Cc1ccccc1)Cc1ccccc1. The number of hydrogen-bond donors (Lipinski definition) is 0. The first-order valence-electron chi connectivity index (χ1n) is 13.0. The Balaban J connectivity index is 1.66. The van der Waals surface area contributed by atoms with Gasteiger partial charge in [-0.2, -0.15) is 0 Å². The van der Waals surface area contributed by atoms with Crippen LogP contribution in [0.25, 0.3) is 0 Å². The van der Waals surface area contributed by atoms with E-state index >= 15 is 0 Å². The van der Waals surface area contributed by atoms with Crippen LogP contribution >= 0.6 is 16.1 Å². The van der Waals surface area contributed by atoms with E-state index in [9.17, 15) is 0 Å². The Morgan fingerprint density at radius 3 is 0.806 bits per heavy atom. The number of hydrazine groups is 1. The lowest BCUT2D eigenvalue weighted by Gasteiger charge is -2.44. The lowest BCUT2D eigenvalue weighted by molar-refractivity contribution is 0.194. The second-order valence-electron chi connectivity index (χ2n) is 8.96. The van der Waals surface area contributed by atoms with Crippen LogP contribution < -0.4 is 0 Å². The van der Waals surface area contributed by atoms with Gasteiger partial charge in [-0.3, -0.25) is 0 Å². The van der Waals surface area contributed by atoms with Gasteiger partial charge < -0.3 is 0 Å². The number of hydrogen-bond acceptors (Lipinski definition) is 2.